The fourth-order valence-corrected chi connectivity index (χ4v) is 4.23. The second-order valence-corrected chi connectivity index (χ2v) is 8.06. The summed E-state index contributed by atoms with van der Waals surface area (Å²) >= 11 is 0. The number of carbonyl (C=O) groups excluding carboxylic acids is 1. The van der Waals surface area contributed by atoms with Gasteiger partial charge < -0.3 is 15.1 Å². The Morgan fingerprint density at radius 2 is 1.54 bits per heavy atom. The summed E-state index contributed by atoms with van der Waals surface area (Å²) in [6.45, 7) is 6.27. The Labute approximate surface area is 168 Å². The van der Waals surface area contributed by atoms with E-state index in [9.17, 15) is 4.79 Å². The van der Waals surface area contributed by atoms with Crippen LogP contribution in [-0.2, 0) is 11.3 Å². The van der Waals surface area contributed by atoms with E-state index in [0.717, 1.165) is 25.2 Å². The molecule has 0 spiro atoms. The van der Waals surface area contributed by atoms with Crippen molar-refractivity contribution in [2.24, 2.45) is 0 Å². The first kappa shape index (κ1) is 19.0. The van der Waals surface area contributed by atoms with Crippen LogP contribution in [0.25, 0.3) is 0 Å². The average Bonchev–Trinajstić information content (AvgIpc) is 3.19. The van der Waals surface area contributed by atoms with E-state index in [1.165, 1.54) is 49.2 Å². The first-order chi connectivity index (χ1) is 13.7. The van der Waals surface area contributed by atoms with Gasteiger partial charge in [0, 0.05) is 50.0 Å². The lowest BCUT2D eigenvalue weighted by Gasteiger charge is -2.29. The van der Waals surface area contributed by atoms with Crippen LogP contribution < -0.4 is 15.1 Å². The second-order valence-electron chi connectivity index (χ2n) is 8.06. The second kappa shape index (κ2) is 8.78. The van der Waals surface area contributed by atoms with Crippen molar-refractivity contribution in [1.29, 1.82) is 0 Å². The average molecular weight is 378 g/mol. The molecule has 0 radical (unpaired) electrons. The molecule has 4 rings (SSSR count). The number of carbonyl (C=O) groups is 1. The van der Waals surface area contributed by atoms with Gasteiger partial charge in [0.15, 0.2) is 0 Å². The zero-order chi connectivity index (χ0) is 19.3. The van der Waals surface area contributed by atoms with Gasteiger partial charge in [-0.25, -0.2) is 0 Å². The summed E-state index contributed by atoms with van der Waals surface area (Å²) in [7, 11) is 0. The normalized spacial score (nSPS) is 18.5. The molecule has 0 saturated carbocycles. The lowest BCUT2D eigenvalue weighted by molar-refractivity contribution is -0.117. The van der Waals surface area contributed by atoms with Crippen LogP contribution in [0.15, 0.2) is 48.5 Å². The molecule has 0 aliphatic carbocycles. The summed E-state index contributed by atoms with van der Waals surface area (Å²) in [6.07, 6.45) is 5.63. The summed E-state index contributed by atoms with van der Waals surface area (Å²) < 4.78 is 0. The van der Waals surface area contributed by atoms with Crippen LogP contribution in [0.1, 0.15) is 56.2 Å². The monoisotopic (exact) mass is 377 g/mol. The van der Waals surface area contributed by atoms with E-state index in [1.807, 2.05) is 4.90 Å². The van der Waals surface area contributed by atoms with Gasteiger partial charge in [-0.15, -0.1) is 0 Å². The van der Waals surface area contributed by atoms with Crippen molar-refractivity contribution in [3.05, 3.63) is 59.7 Å². The van der Waals surface area contributed by atoms with Gasteiger partial charge in [0.25, 0.3) is 0 Å². The number of amides is 1. The molecule has 0 bridgehead atoms. The number of hydrogen-bond donors (Lipinski definition) is 1. The molecule has 2 aromatic carbocycles. The van der Waals surface area contributed by atoms with Gasteiger partial charge in [0.1, 0.15) is 0 Å². The fraction of sp³-hybridized carbons (Fsp3) is 0.458. The molecular formula is C24H31N3O. The molecular weight excluding hydrogens is 346 g/mol. The highest BCUT2D eigenvalue weighted by atomic mass is 16.2. The standard InChI is InChI=1S/C24H31N3O/c1-19(21-9-13-23(14-10-21)27-17-5-6-24(27)28)25-18-20-7-11-22(12-8-20)26-15-3-2-4-16-26/h7-14,19,25H,2-6,15-18H2,1H3. The summed E-state index contributed by atoms with van der Waals surface area (Å²) in [6, 6.07) is 17.7. The van der Waals surface area contributed by atoms with Crippen LogP contribution in [0.2, 0.25) is 0 Å². The first-order valence-corrected chi connectivity index (χ1v) is 10.7. The minimum Gasteiger partial charge on any atom is -0.372 e. The van der Waals surface area contributed by atoms with Crippen LogP contribution in [-0.4, -0.2) is 25.5 Å². The summed E-state index contributed by atoms with van der Waals surface area (Å²) in [5.74, 6) is 0.243. The molecule has 1 atom stereocenters. The molecule has 1 unspecified atom stereocenters. The molecule has 2 aliphatic rings. The van der Waals surface area contributed by atoms with E-state index in [2.05, 4.69) is 65.7 Å². The van der Waals surface area contributed by atoms with Crippen molar-refractivity contribution in [3.63, 3.8) is 0 Å². The number of nitrogens with zero attached hydrogens (tertiary/aromatic N) is 2. The van der Waals surface area contributed by atoms with Crippen LogP contribution in [0, 0.1) is 0 Å². The highest BCUT2D eigenvalue weighted by Crippen LogP contribution is 2.24. The molecule has 2 heterocycles. The molecule has 2 aromatic rings. The van der Waals surface area contributed by atoms with Crippen molar-refractivity contribution in [1.82, 2.24) is 5.32 Å². The molecule has 0 aromatic heterocycles. The molecule has 2 aliphatic heterocycles. The largest absolute Gasteiger partial charge is 0.372 e. The minimum absolute atomic E-state index is 0.243. The maximum absolute atomic E-state index is 11.9. The number of rotatable bonds is 6. The van der Waals surface area contributed by atoms with Gasteiger partial charge in [-0.1, -0.05) is 24.3 Å². The van der Waals surface area contributed by atoms with E-state index in [-0.39, 0.29) is 11.9 Å². The highest BCUT2D eigenvalue weighted by Gasteiger charge is 2.21. The quantitative estimate of drug-likeness (QED) is 0.796. The zero-order valence-corrected chi connectivity index (χ0v) is 16.9. The Morgan fingerprint density at radius 1 is 0.857 bits per heavy atom. The molecule has 1 N–H and O–H groups in total. The highest BCUT2D eigenvalue weighted by molar-refractivity contribution is 5.95. The molecule has 1 amide bonds. The predicted octanol–water partition coefficient (Wildman–Crippen LogP) is 4.65. The van der Waals surface area contributed by atoms with Gasteiger partial charge in [0.2, 0.25) is 5.91 Å². The molecule has 4 nitrogen and oxygen atoms in total. The predicted molar refractivity (Wildman–Crippen MR) is 116 cm³/mol. The Kier molecular flexibility index (Phi) is 5.96. The SMILES string of the molecule is CC(NCc1ccc(N2CCCCC2)cc1)c1ccc(N2CCCC2=O)cc1. The Bertz CT molecular complexity index is 779. The Hall–Kier alpha value is -2.33. The maximum atomic E-state index is 11.9. The third-order valence-electron chi connectivity index (χ3n) is 6.05. The van der Waals surface area contributed by atoms with E-state index >= 15 is 0 Å². The summed E-state index contributed by atoms with van der Waals surface area (Å²) in [4.78, 5) is 16.3. The Balaban J connectivity index is 1.31. The molecule has 2 fully saturated rings. The number of anilines is 2. The third-order valence-corrected chi connectivity index (χ3v) is 6.05. The lowest BCUT2D eigenvalue weighted by atomic mass is 10.1. The fourth-order valence-electron chi connectivity index (χ4n) is 4.23. The van der Waals surface area contributed by atoms with Crippen LogP contribution in [0.3, 0.4) is 0 Å². The van der Waals surface area contributed by atoms with Crippen LogP contribution in [0.4, 0.5) is 11.4 Å². The number of piperidine rings is 1. The number of hydrogen-bond acceptors (Lipinski definition) is 3. The maximum Gasteiger partial charge on any atom is 0.227 e. The van der Waals surface area contributed by atoms with Crippen molar-refractivity contribution in [3.8, 4) is 0 Å². The van der Waals surface area contributed by atoms with Crippen molar-refractivity contribution >= 4 is 17.3 Å². The lowest BCUT2D eigenvalue weighted by Crippen LogP contribution is -2.29. The molecule has 148 valence electrons. The Morgan fingerprint density at radius 3 is 2.18 bits per heavy atom. The molecule has 28 heavy (non-hydrogen) atoms. The van der Waals surface area contributed by atoms with Gasteiger partial charge in [-0.2, -0.15) is 0 Å². The van der Waals surface area contributed by atoms with E-state index in [0.29, 0.717) is 6.42 Å². The first-order valence-electron chi connectivity index (χ1n) is 10.7. The van der Waals surface area contributed by atoms with Crippen LogP contribution in [0.5, 0.6) is 0 Å². The van der Waals surface area contributed by atoms with Crippen molar-refractivity contribution in [2.45, 2.75) is 51.6 Å². The smallest absolute Gasteiger partial charge is 0.227 e. The van der Waals surface area contributed by atoms with E-state index in [4.69, 9.17) is 0 Å². The van der Waals surface area contributed by atoms with Gasteiger partial charge in [0.05, 0.1) is 0 Å². The molecule has 2 saturated heterocycles. The van der Waals surface area contributed by atoms with E-state index < -0.39 is 0 Å². The third kappa shape index (κ3) is 4.39. The van der Waals surface area contributed by atoms with Crippen molar-refractivity contribution in [2.75, 3.05) is 29.4 Å². The van der Waals surface area contributed by atoms with Gasteiger partial charge in [-0.05, 0) is 68.0 Å². The van der Waals surface area contributed by atoms with Crippen LogP contribution >= 0.6 is 0 Å². The van der Waals surface area contributed by atoms with Gasteiger partial charge in [-0.3, -0.25) is 4.79 Å². The molecule has 4 heteroatoms. The zero-order valence-electron chi connectivity index (χ0n) is 16.9. The summed E-state index contributed by atoms with van der Waals surface area (Å²) in [5, 5.41) is 3.62. The number of benzene rings is 2. The summed E-state index contributed by atoms with van der Waals surface area (Å²) in [5.41, 5.74) is 4.93. The minimum atomic E-state index is 0.243. The van der Waals surface area contributed by atoms with Gasteiger partial charge >= 0.3 is 0 Å². The van der Waals surface area contributed by atoms with Crippen molar-refractivity contribution < 1.29 is 4.79 Å². The van der Waals surface area contributed by atoms with E-state index in [1.54, 1.807) is 0 Å². The topological polar surface area (TPSA) is 35.6 Å². The number of nitrogens with one attached hydrogen (secondary N) is 1.